The topological polar surface area (TPSA) is 52.7 Å². The number of likely N-dealkylation sites (tertiary alicyclic amines) is 1. The molecule has 0 aliphatic carbocycles. The first kappa shape index (κ1) is 13.8. The molecule has 5 heteroatoms. The van der Waals surface area contributed by atoms with E-state index in [0.717, 1.165) is 32.4 Å². The minimum absolute atomic E-state index is 0.0312. The van der Waals surface area contributed by atoms with Gasteiger partial charge in [-0.15, -0.1) is 0 Å². The first-order valence-corrected chi connectivity index (χ1v) is 6.42. The number of likely N-dealkylation sites (N-methyl/N-ethyl adjacent to an activating group) is 1. The van der Waals surface area contributed by atoms with Gasteiger partial charge in [-0.1, -0.05) is 6.92 Å². The number of nitrogens with one attached hydrogen (secondary N) is 1. The second-order valence-corrected chi connectivity index (χ2v) is 4.54. The zero-order chi connectivity index (χ0) is 12.7. The van der Waals surface area contributed by atoms with Crippen molar-refractivity contribution < 1.29 is 9.59 Å². The summed E-state index contributed by atoms with van der Waals surface area (Å²) < 4.78 is 0. The molecule has 17 heavy (non-hydrogen) atoms. The third-order valence-corrected chi connectivity index (χ3v) is 2.91. The number of carbonyl (C=O) groups excluding carboxylic acids is 2. The monoisotopic (exact) mass is 241 g/mol. The maximum Gasteiger partial charge on any atom is 0.320 e. The van der Waals surface area contributed by atoms with Crippen molar-refractivity contribution in [2.75, 3.05) is 33.2 Å². The molecule has 1 aliphatic heterocycles. The van der Waals surface area contributed by atoms with E-state index in [0.29, 0.717) is 6.54 Å². The molecule has 0 aromatic rings. The number of hydrogen-bond donors (Lipinski definition) is 1. The molecule has 1 rings (SSSR count). The molecule has 3 amide bonds. The predicted octanol–water partition coefficient (Wildman–Crippen LogP) is 1.05. The lowest BCUT2D eigenvalue weighted by Gasteiger charge is -2.30. The van der Waals surface area contributed by atoms with Crippen LogP contribution < -0.4 is 5.32 Å². The lowest BCUT2D eigenvalue weighted by molar-refractivity contribution is -0.121. The predicted molar refractivity (Wildman–Crippen MR) is 66.8 cm³/mol. The molecule has 1 aliphatic rings. The van der Waals surface area contributed by atoms with E-state index in [9.17, 15) is 9.59 Å². The summed E-state index contributed by atoms with van der Waals surface area (Å²) in [7, 11) is 1.68. The van der Waals surface area contributed by atoms with Crippen LogP contribution >= 0.6 is 0 Å². The lowest BCUT2D eigenvalue weighted by Crippen LogP contribution is -2.47. The summed E-state index contributed by atoms with van der Waals surface area (Å²) in [4.78, 5) is 26.8. The second-order valence-electron chi connectivity index (χ2n) is 4.54. The fraction of sp³-hybridized carbons (Fsp3) is 0.833. The zero-order valence-electron chi connectivity index (χ0n) is 10.9. The molecule has 0 radical (unpaired) electrons. The number of urea groups is 1. The Morgan fingerprint density at radius 2 is 1.88 bits per heavy atom. The molecule has 0 atom stereocenters. The molecule has 1 saturated heterocycles. The number of piperidine rings is 1. The van der Waals surface area contributed by atoms with Gasteiger partial charge < -0.3 is 15.1 Å². The van der Waals surface area contributed by atoms with Crippen LogP contribution in [-0.4, -0.2) is 55.0 Å². The summed E-state index contributed by atoms with van der Waals surface area (Å²) in [6, 6.07) is -0.0312. The second kappa shape index (κ2) is 7.14. The summed E-state index contributed by atoms with van der Waals surface area (Å²) in [5.74, 6) is -0.0836. The van der Waals surface area contributed by atoms with Gasteiger partial charge >= 0.3 is 6.03 Å². The van der Waals surface area contributed by atoms with Gasteiger partial charge in [-0.2, -0.15) is 0 Å². The largest absolute Gasteiger partial charge is 0.355 e. The Labute approximate surface area is 103 Å². The van der Waals surface area contributed by atoms with Gasteiger partial charge in [0.25, 0.3) is 0 Å². The molecule has 98 valence electrons. The Morgan fingerprint density at radius 3 is 2.47 bits per heavy atom. The van der Waals surface area contributed by atoms with E-state index in [2.05, 4.69) is 5.32 Å². The van der Waals surface area contributed by atoms with Crippen LogP contribution in [0.2, 0.25) is 0 Å². The van der Waals surface area contributed by atoms with E-state index in [4.69, 9.17) is 0 Å². The van der Waals surface area contributed by atoms with E-state index in [1.54, 1.807) is 7.05 Å². The molecular formula is C12H23N3O2. The van der Waals surface area contributed by atoms with Crippen molar-refractivity contribution in [2.45, 2.75) is 32.6 Å². The Kier molecular flexibility index (Phi) is 5.80. The van der Waals surface area contributed by atoms with Gasteiger partial charge in [-0.25, -0.2) is 4.79 Å². The first-order chi connectivity index (χ1) is 8.15. The molecule has 0 spiro atoms. The highest BCUT2D eigenvalue weighted by Crippen LogP contribution is 2.10. The van der Waals surface area contributed by atoms with Gasteiger partial charge in [-0.3, -0.25) is 4.79 Å². The van der Waals surface area contributed by atoms with Gasteiger partial charge in [0, 0.05) is 26.7 Å². The standard InChI is InChI=1S/C12H23N3O2/c1-3-7-13-11(16)10-14(2)12(17)15-8-5-4-6-9-15/h3-10H2,1-2H3,(H,13,16). The average Bonchev–Trinajstić information content (AvgIpc) is 2.36. The molecule has 0 unspecified atom stereocenters. The molecule has 5 nitrogen and oxygen atoms in total. The quantitative estimate of drug-likeness (QED) is 0.800. The summed E-state index contributed by atoms with van der Waals surface area (Å²) in [5, 5.41) is 2.77. The molecule has 1 N–H and O–H groups in total. The van der Waals surface area contributed by atoms with Crippen LogP contribution in [0.5, 0.6) is 0 Å². The maximum atomic E-state index is 12.0. The van der Waals surface area contributed by atoms with Crippen LogP contribution in [0.3, 0.4) is 0 Å². The van der Waals surface area contributed by atoms with Crippen LogP contribution in [0.1, 0.15) is 32.6 Å². The number of nitrogens with zero attached hydrogens (tertiary/aromatic N) is 2. The third-order valence-electron chi connectivity index (χ3n) is 2.91. The SMILES string of the molecule is CCCNC(=O)CN(C)C(=O)N1CCCCC1. The molecule has 0 bridgehead atoms. The van der Waals surface area contributed by atoms with E-state index in [1.807, 2.05) is 11.8 Å². The van der Waals surface area contributed by atoms with Gasteiger partial charge in [0.15, 0.2) is 0 Å². The van der Waals surface area contributed by atoms with E-state index in [1.165, 1.54) is 11.3 Å². The van der Waals surface area contributed by atoms with Crippen LogP contribution in [0, 0.1) is 0 Å². The smallest absolute Gasteiger partial charge is 0.320 e. The highest BCUT2D eigenvalue weighted by Gasteiger charge is 2.21. The highest BCUT2D eigenvalue weighted by atomic mass is 16.2. The fourth-order valence-corrected chi connectivity index (χ4v) is 1.93. The zero-order valence-corrected chi connectivity index (χ0v) is 10.9. The van der Waals surface area contributed by atoms with Crippen molar-refractivity contribution >= 4 is 11.9 Å². The van der Waals surface area contributed by atoms with Gasteiger partial charge in [0.2, 0.25) is 5.91 Å². The minimum Gasteiger partial charge on any atom is -0.355 e. The van der Waals surface area contributed by atoms with E-state index >= 15 is 0 Å². The normalized spacial score (nSPS) is 15.5. The molecule has 0 saturated carbocycles. The van der Waals surface area contributed by atoms with Crippen molar-refractivity contribution in [1.82, 2.24) is 15.1 Å². The van der Waals surface area contributed by atoms with E-state index < -0.39 is 0 Å². The van der Waals surface area contributed by atoms with Gasteiger partial charge in [0.1, 0.15) is 6.54 Å². The number of amides is 3. The Hall–Kier alpha value is -1.26. The van der Waals surface area contributed by atoms with Crippen molar-refractivity contribution in [2.24, 2.45) is 0 Å². The molecule has 1 heterocycles. The third kappa shape index (κ3) is 4.63. The molecule has 0 aromatic carbocycles. The van der Waals surface area contributed by atoms with Crippen LogP contribution in [0.4, 0.5) is 4.79 Å². The minimum atomic E-state index is -0.0836. The number of rotatable bonds is 4. The lowest BCUT2D eigenvalue weighted by atomic mass is 10.1. The number of hydrogen-bond acceptors (Lipinski definition) is 2. The molecule has 1 fully saturated rings. The van der Waals surface area contributed by atoms with Gasteiger partial charge in [0.05, 0.1) is 0 Å². The highest BCUT2D eigenvalue weighted by molar-refractivity contribution is 5.83. The summed E-state index contributed by atoms with van der Waals surface area (Å²) in [6.45, 7) is 4.46. The Balaban J connectivity index is 2.32. The van der Waals surface area contributed by atoms with Crippen molar-refractivity contribution in [3.8, 4) is 0 Å². The molecular weight excluding hydrogens is 218 g/mol. The fourth-order valence-electron chi connectivity index (χ4n) is 1.93. The summed E-state index contributed by atoms with van der Waals surface area (Å²) in [5.41, 5.74) is 0. The van der Waals surface area contributed by atoms with E-state index in [-0.39, 0.29) is 18.5 Å². The van der Waals surface area contributed by atoms with Crippen molar-refractivity contribution in [3.05, 3.63) is 0 Å². The number of carbonyl (C=O) groups is 2. The van der Waals surface area contributed by atoms with Crippen LogP contribution in [-0.2, 0) is 4.79 Å². The van der Waals surface area contributed by atoms with Crippen LogP contribution in [0.25, 0.3) is 0 Å². The first-order valence-electron chi connectivity index (χ1n) is 6.42. The van der Waals surface area contributed by atoms with Gasteiger partial charge in [-0.05, 0) is 25.7 Å². The Morgan fingerprint density at radius 1 is 1.24 bits per heavy atom. The van der Waals surface area contributed by atoms with Crippen molar-refractivity contribution in [1.29, 1.82) is 0 Å². The van der Waals surface area contributed by atoms with Crippen LogP contribution in [0.15, 0.2) is 0 Å². The van der Waals surface area contributed by atoms with Crippen molar-refractivity contribution in [3.63, 3.8) is 0 Å². The molecule has 0 aromatic heterocycles. The Bertz CT molecular complexity index is 262. The maximum absolute atomic E-state index is 12.0. The summed E-state index contributed by atoms with van der Waals surface area (Å²) >= 11 is 0. The summed E-state index contributed by atoms with van der Waals surface area (Å²) in [6.07, 6.45) is 4.25. The average molecular weight is 241 g/mol.